The van der Waals surface area contributed by atoms with E-state index in [2.05, 4.69) is 13.8 Å². The van der Waals surface area contributed by atoms with Crippen molar-refractivity contribution in [3.8, 4) is 0 Å². The molecule has 1 amide bonds. The Morgan fingerprint density at radius 3 is 2.73 bits per heavy atom. The molecule has 0 N–H and O–H groups in total. The summed E-state index contributed by atoms with van der Waals surface area (Å²) in [6.07, 6.45) is 2.30. The normalized spacial score (nSPS) is 18.3. The van der Waals surface area contributed by atoms with E-state index in [0.29, 0.717) is 12.5 Å². The van der Waals surface area contributed by atoms with Gasteiger partial charge in [-0.25, -0.2) is 4.79 Å². The molecule has 1 atom stereocenters. The highest BCUT2D eigenvalue weighted by molar-refractivity contribution is 7.13. The lowest BCUT2D eigenvalue weighted by Gasteiger charge is -2.37. The molecular formula is C17H25NO3S. The van der Waals surface area contributed by atoms with Crippen molar-refractivity contribution in [1.29, 1.82) is 0 Å². The van der Waals surface area contributed by atoms with E-state index >= 15 is 0 Å². The Morgan fingerprint density at radius 1 is 1.50 bits per heavy atom. The molecule has 0 fully saturated rings. The number of nitrogens with zero attached hydrogens (tertiary/aromatic N) is 1. The molecule has 2 heterocycles. The van der Waals surface area contributed by atoms with Gasteiger partial charge >= 0.3 is 6.09 Å². The highest BCUT2D eigenvalue weighted by Gasteiger charge is 2.35. The van der Waals surface area contributed by atoms with Gasteiger partial charge in [0.1, 0.15) is 5.60 Å². The van der Waals surface area contributed by atoms with Crippen LogP contribution in [0.2, 0.25) is 0 Å². The second kappa shape index (κ2) is 6.41. The van der Waals surface area contributed by atoms with Crippen LogP contribution in [0.5, 0.6) is 0 Å². The van der Waals surface area contributed by atoms with E-state index in [1.807, 2.05) is 31.7 Å². The van der Waals surface area contributed by atoms with E-state index in [9.17, 15) is 9.59 Å². The Balaban J connectivity index is 2.30. The number of ether oxygens (including phenoxy) is 1. The van der Waals surface area contributed by atoms with Crippen molar-refractivity contribution in [3.63, 3.8) is 0 Å². The quantitative estimate of drug-likeness (QED) is 0.773. The minimum atomic E-state index is -0.497. The number of aldehydes is 1. The molecule has 0 saturated carbocycles. The van der Waals surface area contributed by atoms with Gasteiger partial charge in [-0.05, 0) is 51.2 Å². The van der Waals surface area contributed by atoms with Crippen LogP contribution in [0, 0.1) is 5.92 Å². The van der Waals surface area contributed by atoms with Gasteiger partial charge in [-0.2, -0.15) is 0 Å². The molecule has 0 aliphatic carbocycles. The molecule has 1 aliphatic rings. The van der Waals surface area contributed by atoms with E-state index in [-0.39, 0.29) is 12.1 Å². The third kappa shape index (κ3) is 3.88. The predicted octanol–water partition coefficient (Wildman–Crippen LogP) is 4.44. The Hall–Kier alpha value is -1.36. The second-order valence-corrected chi connectivity index (χ2v) is 8.34. The molecule has 0 radical (unpaired) electrons. The first-order valence-corrected chi connectivity index (χ1v) is 8.60. The average molecular weight is 323 g/mol. The van der Waals surface area contributed by atoms with Crippen molar-refractivity contribution in [2.24, 2.45) is 5.92 Å². The third-order valence-electron chi connectivity index (χ3n) is 3.60. The number of thiophene rings is 1. The Labute approximate surface area is 136 Å². The summed E-state index contributed by atoms with van der Waals surface area (Å²) in [6, 6.07) is 1.98. The fourth-order valence-electron chi connectivity index (χ4n) is 2.76. The maximum Gasteiger partial charge on any atom is 0.410 e. The molecular weight excluding hydrogens is 298 g/mol. The van der Waals surface area contributed by atoms with E-state index in [0.717, 1.165) is 28.9 Å². The van der Waals surface area contributed by atoms with Crippen LogP contribution in [0.25, 0.3) is 0 Å². The zero-order chi connectivity index (χ0) is 16.5. The first-order chi connectivity index (χ1) is 10.2. The minimum absolute atomic E-state index is 0.0114. The number of carbonyl (C=O) groups is 2. The summed E-state index contributed by atoms with van der Waals surface area (Å²) in [5.74, 6) is 0.461. The smallest absolute Gasteiger partial charge is 0.410 e. The maximum atomic E-state index is 12.5. The Bertz CT molecular complexity index is 557. The van der Waals surface area contributed by atoms with Gasteiger partial charge in [0.05, 0.1) is 10.9 Å². The Morgan fingerprint density at radius 2 is 2.18 bits per heavy atom. The molecule has 0 spiro atoms. The van der Waals surface area contributed by atoms with Crippen LogP contribution in [0.15, 0.2) is 6.07 Å². The van der Waals surface area contributed by atoms with Gasteiger partial charge in [-0.1, -0.05) is 13.8 Å². The molecule has 1 aromatic heterocycles. The molecule has 5 heteroatoms. The lowest BCUT2D eigenvalue weighted by molar-refractivity contribution is 0.0125. The van der Waals surface area contributed by atoms with Gasteiger partial charge in [0.2, 0.25) is 0 Å². The largest absolute Gasteiger partial charge is 0.444 e. The zero-order valence-corrected chi connectivity index (χ0v) is 14.8. The highest BCUT2D eigenvalue weighted by Crippen LogP contribution is 2.39. The first kappa shape index (κ1) is 17.0. The molecule has 0 aromatic carbocycles. The maximum absolute atomic E-state index is 12.5. The summed E-state index contributed by atoms with van der Waals surface area (Å²) in [7, 11) is 0. The van der Waals surface area contributed by atoms with E-state index in [4.69, 9.17) is 4.74 Å². The van der Waals surface area contributed by atoms with Crippen LogP contribution >= 0.6 is 11.3 Å². The predicted molar refractivity (Wildman–Crippen MR) is 88.5 cm³/mol. The summed E-state index contributed by atoms with van der Waals surface area (Å²) < 4.78 is 5.56. The fourth-order valence-corrected chi connectivity index (χ4v) is 3.91. The fraction of sp³-hybridized carbons (Fsp3) is 0.647. The summed E-state index contributed by atoms with van der Waals surface area (Å²) in [4.78, 5) is 27.3. The molecule has 0 unspecified atom stereocenters. The van der Waals surface area contributed by atoms with Gasteiger partial charge in [0.25, 0.3) is 0 Å². The molecule has 2 rings (SSSR count). The molecule has 122 valence electrons. The molecule has 0 saturated heterocycles. The van der Waals surface area contributed by atoms with Crippen molar-refractivity contribution >= 4 is 23.7 Å². The van der Waals surface area contributed by atoms with Gasteiger partial charge in [-0.15, -0.1) is 11.3 Å². The van der Waals surface area contributed by atoms with E-state index in [1.54, 1.807) is 0 Å². The van der Waals surface area contributed by atoms with Crippen LogP contribution in [0.1, 0.15) is 67.2 Å². The van der Waals surface area contributed by atoms with Crippen molar-refractivity contribution in [2.45, 2.75) is 59.1 Å². The lowest BCUT2D eigenvalue weighted by atomic mass is 9.94. The molecule has 1 aromatic rings. The van der Waals surface area contributed by atoms with Crippen LogP contribution in [-0.4, -0.2) is 29.4 Å². The number of carbonyl (C=O) groups excluding carboxylic acids is 2. The standard InChI is InChI=1S/C17H25NO3S/c1-11(2)8-14-15-12(9-13(10-19)22-15)6-7-18(14)16(20)21-17(3,4)5/h9-11,14H,6-8H2,1-5H3/t14-/m0/s1. The molecule has 0 bridgehead atoms. The van der Waals surface area contributed by atoms with Gasteiger partial charge in [0.15, 0.2) is 6.29 Å². The summed E-state index contributed by atoms with van der Waals surface area (Å²) >= 11 is 1.51. The van der Waals surface area contributed by atoms with E-state index < -0.39 is 5.60 Å². The van der Waals surface area contributed by atoms with Crippen molar-refractivity contribution < 1.29 is 14.3 Å². The van der Waals surface area contributed by atoms with Crippen molar-refractivity contribution in [3.05, 3.63) is 21.4 Å². The van der Waals surface area contributed by atoms with Crippen LogP contribution in [0.3, 0.4) is 0 Å². The number of hydrogen-bond acceptors (Lipinski definition) is 4. The van der Waals surface area contributed by atoms with Crippen molar-refractivity contribution in [1.82, 2.24) is 4.90 Å². The molecule has 22 heavy (non-hydrogen) atoms. The molecule has 4 nitrogen and oxygen atoms in total. The zero-order valence-electron chi connectivity index (χ0n) is 14.0. The SMILES string of the molecule is CC(C)C[C@H]1c2sc(C=O)cc2CCN1C(=O)OC(C)(C)C. The average Bonchev–Trinajstić information content (AvgIpc) is 2.79. The van der Waals surface area contributed by atoms with Gasteiger partial charge in [-0.3, -0.25) is 9.69 Å². The monoisotopic (exact) mass is 323 g/mol. The van der Waals surface area contributed by atoms with Gasteiger partial charge in [0, 0.05) is 11.4 Å². The Kier molecular flexibility index (Phi) is 4.95. The van der Waals surface area contributed by atoms with Crippen LogP contribution in [-0.2, 0) is 11.2 Å². The minimum Gasteiger partial charge on any atom is -0.444 e. The molecule has 1 aliphatic heterocycles. The summed E-state index contributed by atoms with van der Waals surface area (Å²) in [5.41, 5.74) is 0.709. The van der Waals surface area contributed by atoms with E-state index in [1.165, 1.54) is 16.9 Å². The topological polar surface area (TPSA) is 46.6 Å². The highest BCUT2D eigenvalue weighted by atomic mass is 32.1. The van der Waals surface area contributed by atoms with Gasteiger partial charge < -0.3 is 4.74 Å². The van der Waals surface area contributed by atoms with Crippen LogP contribution in [0.4, 0.5) is 4.79 Å². The number of rotatable bonds is 3. The lowest BCUT2D eigenvalue weighted by Crippen LogP contribution is -2.43. The summed E-state index contributed by atoms with van der Waals surface area (Å²) in [6.45, 7) is 10.6. The first-order valence-electron chi connectivity index (χ1n) is 7.78. The number of amides is 1. The number of fused-ring (bicyclic) bond motifs is 1. The third-order valence-corrected chi connectivity index (χ3v) is 4.80. The second-order valence-electron chi connectivity index (χ2n) is 7.23. The van der Waals surface area contributed by atoms with Crippen LogP contribution < -0.4 is 0 Å². The van der Waals surface area contributed by atoms with Crippen molar-refractivity contribution in [2.75, 3.05) is 6.54 Å². The number of hydrogen-bond donors (Lipinski definition) is 0. The summed E-state index contributed by atoms with van der Waals surface area (Å²) in [5, 5.41) is 0.